The van der Waals surface area contributed by atoms with Gasteiger partial charge in [-0.2, -0.15) is 0 Å². The number of aromatic nitrogens is 3. The highest BCUT2D eigenvalue weighted by Gasteiger charge is 2.32. The van der Waals surface area contributed by atoms with Gasteiger partial charge < -0.3 is 19.6 Å². The number of rotatable bonds is 4. The van der Waals surface area contributed by atoms with Gasteiger partial charge in [-0.15, -0.1) is 0 Å². The summed E-state index contributed by atoms with van der Waals surface area (Å²) in [7, 11) is 1.63. The standard InChI is InChI=1S/C25H31N5O3/c1-15(2)29-11-9-19-18(14-29)24(31)28-23(27-19)22-6-4-5-10-30(22)25(32)21-12-16-7-8-17(33-3)13-20(16)26-21/h7-8,12-13,15,22,26H,4-6,9-11,14H2,1-3H3,(H,27,28,31). The Balaban J connectivity index is 1.45. The molecule has 2 aromatic heterocycles. The van der Waals surface area contributed by atoms with Gasteiger partial charge in [-0.1, -0.05) is 0 Å². The number of nitrogens with zero attached hydrogens (tertiary/aromatic N) is 3. The summed E-state index contributed by atoms with van der Waals surface area (Å²) < 4.78 is 5.30. The smallest absolute Gasteiger partial charge is 0.270 e. The minimum atomic E-state index is -0.228. The Kier molecular flexibility index (Phi) is 5.70. The van der Waals surface area contributed by atoms with E-state index in [1.165, 1.54) is 0 Å². The summed E-state index contributed by atoms with van der Waals surface area (Å²) in [6, 6.07) is 7.76. The molecule has 1 amide bonds. The molecule has 0 radical (unpaired) electrons. The number of nitrogens with one attached hydrogen (secondary N) is 2. The van der Waals surface area contributed by atoms with E-state index in [1.54, 1.807) is 7.11 Å². The largest absolute Gasteiger partial charge is 0.497 e. The number of hydrogen-bond donors (Lipinski definition) is 2. The van der Waals surface area contributed by atoms with Crippen LogP contribution in [0.15, 0.2) is 29.1 Å². The van der Waals surface area contributed by atoms with Gasteiger partial charge >= 0.3 is 0 Å². The third-order valence-electron chi connectivity index (χ3n) is 6.99. The van der Waals surface area contributed by atoms with E-state index in [9.17, 15) is 9.59 Å². The summed E-state index contributed by atoms with van der Waals surface area (Å²) in [5.74, 6) is 1.29. The maximum absolute atomic E-state index is 13.5. The normalized spacial score (nSPS) is 19.2. The van der Waals surface area contributed by atoms with Crippen molar-refractivity contribution in [1.29, 1.82) is 0 Å². The summed E-state index contributed by atoms with van der Waals surface area (Å²) in [5.41, 5.74) is 2.97. The lowest BCUT2D eigenvalue weighted by Gasteiger charge is -2.36. The van der Waals surface area contributed by atoms with E-state index in [-0.39, 0.29) is 17.5 Å². The number of fused-ring (bicyclic) bond motifs is 2. The van der Waals surface area contributed by atoms with Gasteiger partial charge in [0.1, 0.15) is 17.3 Å². The summed E-state index contributed by atoms with van der Waals surface area (Å²) in [4.78, 5) is 41.8. The van der Waals surface area contributed by atoms with E-state index in [0.29, 0.717) is 30.6 Å². The molecule has 33 heavy (non-hydrogen) atoms. The minimum absolute atomic E-state index is 0.0683. The van der Waals surface area contributed by atoms with Gasteiger partial charge in [-0.05, 0) is 51.3 Å². The maximum Gasteiger partial charge on any atom is 0.270 e. The van der Waals surface area contributed by atoms with E-state index in [0.717, 1.165) is 60.1 Å². The van der Waals surface area contributed by atoms with Crippen molar-refractivity contribution in [3.8, 4) is 5.75 Å². The lowest BCUT2D eigenvalue weighted by atomic mass is 9.99. The lowest BCUT2D eigenvalue weighted by Crippen LogP contribution is -2.42. The number of ether oxygens (including phenoxy) is 1. The van der Waals surface area contributed by atoms with Gasteiger partial charge in [0.05, 0.1) is 24.4 Å². The van der Waals surface area contributed by atoms with E-state index in [1.807, 2.05) is 29.2 Å². The van der Waals surface area contributed by atoms with Gasteiger partial charge in [0.25, 0.3) is 11.5 Å². The summed E-state index contributed by atoms with van der Waals surface area (Å²) in [6.45, 7) is 6.46. The molecule has 3 aromatic rings. The maximum atomic E-state index is 13.5. The molecule has 1 aromatic carbocycles. The van der Waals surface area contributed by atoms with E-state index in [2.05, 4.69) is 28.7 Å². The highest BCUT2D eigenvalue weighted by Crippen LogP contribution is 2.31. The molecule has 0 bridgehead atoms. The fourth-order valence-electron chi connectivity index (χ4n) is 5.03. The fourth-order valence-corrected chi connectivity index (χ4v) is 5.03. The van der Waals surface area contributed by atoms with Crippen LogP contribution in [0.25, 0.3) is 10.9 Å². The summed E-state index contributed by atoms with van der Waals surface area (Å²) in [5, 5.41) is 0.961. The van der Waals surface area contributed by atoms with Crippen molar-refractivity contribution in [2.24, 2.45) is 0 Å². The molecule has 8 nitrogen and oxygen atoms in total. The van der Waals surface area contributed by atoms with Crippen molar-refractivity contribution in [3.63, 3.8) is 0 Å². The van der Waals surface area contributed by atoms with Crippen molar-refractivity contribution in [3.05, 3.63) is 57.4 Å². The molecule has 1 unspecified atom stereocenters. The molecule has 1 fully saturated rings. The first-order valence-corrected chi connectivity index (χ1v) is 11.8. The second-order valence-electron chi connectivity index (χ2n) is 9.34. The van der Waals surface area contributed by atoms with E-state index >= 15 is 0 Å². The molecule has 8 heteroatoms. The van der Waals surface area contributed by atoms with Crippen LogP contribution in [0.3, 0.4) is 0 Å². The molecule has 174 valence electrons. The number of likely N-dealkylation sites (tertiary alicyclic amines) is 1. The molecule has 2 aliphatic heterocycles. The molecular formula is C25H31N5O3. The number of piperidine rings is 1. The zero-order chi connectivity index (χ0) is 23.1. The Hall–Kier alpha value is -3.13. The highest BCUT2D eigenvalue weighted by atomic mass is 16.5. The second kappa shape index (κ2) is 8.67. The van der Waals surface area contributed by atoms with Crippen LogP contribution in [0.4, 0.5) is 0 Å². The Morgan fingerprint density at radius 1 is 1.18 bits per heavy atom. The van der Waals surface area contributed by atoms with Crippen molar-refractivity contribution >= 4 is 16.8 Å². The Bertz CT molecular complexity index is 1240. The molecule has 0 saturated carbocycles. The van der Waals surface area contributed by atoms with Crippen molar-refractivity contribution in [1.82, 2.24) is 24.8 Å². The van der Waals surface area contributed by atoms with Crippen LogP contribution in [0, 0.1) is 0 Å². The third-order valence-corrected chi connectivity index (χ3v) is 6.99. The molecule has 2 aliphatic rings. The highest BCUT2D eigenvalue weighted by molar-refractivity contribution is 5.98. The Labute approximate surface area is 193 Å². The van der Waals surface area contributed by atoms with Crippen molar-refractivity contribution in [2.75, 3.05) is 20.2 Å². The summed E-state index contributed by atoms with van der Waals surface area (Å²) in [6.07, 6.45) is 3.49. The quantitative estimate of drug-likeness (QED) is 0.637. The van der Waals surface area contributed by atoms with Gasteiger partial charge in [-0.25, -0.2) is 4.98 Å². The molecule has 5 rings (SSSR count). The average Bonchev–Trinajstić information content (AvgIpc) is 3.26. The number of carbonyl (C=O) groups is 1. The number of hydrogen-bond acceptors (Lipinski definition) is 5. The molecule has 1 atom stereocenters. The van der Waals surface area contributed by atoms with Crippen molar-refractivity contribution in [2.45, 2.75) is 58.2 Å². The molecule has 4 heterocycles. The Morgan fingerprint density at radius 2 is 2.03 bits per heavy atom. The van der Waals surface area contributed by atoms with Crippen LogP contribution in [0.2, 0.25) is 0 Å². The SMILES string of the molecule is COc1ccc2cc(C(=O)N3CCCCC3c3nc4c(c(=O)[nH]3)CN(C(C)C)CC4)[nH]c2c1. The van der Waals surface area contributed by atoms with Gasteiger partial charge in [-0.3, -0.25) is 14.5 Å². The fraction of sp³-hybridized carbons (Fsp3) is 0.480. The summed E-state index contributed by atoms with van der Waals surface area (Å²) >= 11 is 0. The van der Waals surface area contributed by atoms with E-state index in [4.69, 9.17) is 9.72 Å². The van der Waals surface area contributed by atoms with Crippen LogP contribution >= 0.6 is 0 Å². The monoisotopic (exact) mass is 449 g/mol. The van der Waals surface area contributed by atoms with Crippen LogP contribution in [-0.4, -0.2) is 56.9 Å². The van der Waals surface area contributed by atoms with Crippen LogP contribution in [0.5, 0.6) is 5.75 Å². The first-order valence-electron chi connectivity index (χ1n) is 11.8. The van der Waals surface area contributed by atoms with Crippen LogP contribution in [0.1, 0.15) is 66.7 Å². The Morgan fingerprint density at radius 3 is 2.82 bits per heavy atom. The lowest BCUT2D eigenvalue weighted by molar-refractivity contribution is 0.0593. The zero-order valence-corrected chi connectivity index (χ0v) is 19.5. The molecular weight excluding hydrogens is 418 g/mol. The minimum Gasteiger partial charge on any atom is -0.497 e. The number of benzene rings is 1. The molecule has 0 aliphatic carbocycles. The average molecular weight is 450 g/mol. The molecule has 0 spiro atoms. The van der Waals surface area contributed by atoms with Crippen LogP contribution < -0.4 is 10.3 Å². The van der Waals surface area contributed by atoms with Gasteiger partial charge in [0, 0.05) is 49.1 Å². The number of carbonyl (C=O) groups excluding carboxylic acids is 1. The first-order chi connectivity index (χ1) is 15.9. The van der Waals surface area contributed by atoms with Gasteiger partial charge in [0.2, 0.25) is 0 Å². The molecule has 2 N–H and O–H groups in total. The van der Waals surface area contributed by atoms with E-state index < -0.39 is 0 Å². The third kappa shape index (κ3) is 4.04. The topological polar surface area (TPSA) is 94.3 Å². The van der Waals surface area contributed by atoms with Crippen molar-refractivity contribution < 1.29 is 9.53 Å². The van der Waals surface area contributed by atoms with Crippen LogP contribution in [-0.2, 0) is 13.0 Å². The predicted octanol–water partition coefficient (Wildman–Crippen LogP) is 3.39. The first kappa shape index (κ1) is 21.7. The number of H-pyrrole nitrogens is 2. The predicted molar refractivity (Wildman–Crippen MR) is 127 cm³/mol. The number of methoxy groups -OCH3 is 1. The number of aromatic amines is 2. The second-order valence-corrected chi connectivity index (χ2v) is 9.34. The zero-order valence-electron chi connectivity index (χ0n) is 19.5. The number of amides is 1. The van der Waals surface area contributed by atoms with Gasteiger partial charge in [0.15, 0.2) is 0 Å². The molecule has 1 saturated heterocycles.